The Bertz CT molecular complexity index is 919. The molecule has 3 aromatic rings. The van der Waals surface area contributed by atoms with Crippen molar-refractivity contribution in [2.45, 2.75) is 25.9 Å². The number of fused-ring (bicyclic) bond motifs is 2. The van der Waals surface area contributed by atoms with E-state index in [-0.39, 0.29) is 11.9 Å². The maximum Gasteiger partial charge on any atom is 0.253 e. The lowest BCUT2D eigenvalue weighted by atomic mass is 10.1. The Morgan fingerprint density at radius 3 is 3.08 bits per heavy atom. The summed E-state index contributed by atoms with van der Waals surface area (Å²) in [5.41, 5.74) is 1.42. The van der Waals surface area contributed by atoms with Crippen LogP contribution >= 0.6 is 0 Å². The molecule has 7 nitrogen and oxygen atoms in total. The summed E-state index contributed by atoms with van der Waals surface area (Å²) in [6.07, 6.45) is 2.46. The van der Waals surface area contributed by atoms with Gasteiger partial charge in [0.2, 0.25) is 0 Å². The minimum Gasteiger partial charge on any atom is -0.342 e. The Kier molecular flexibility index (Phi) is 4.15. The van der Waals surface area contributed by atoms with Crippen molar-refractivity contribution < 1.29 is 4.79 Å². The summed E-state index contributed by atoms with van der Waals surface area (Å²) < 4.78 is 2.10. The number of benzene rings is 1. The molecule has 0 fully saturated rings. The van der Waals surface area contributed by atoms with E-state index in [1.165, 1.54) is 0 Å². The normalized spacial score (nSPS) is 15.4. The summed E-state index contributed by atoms with van der Waals surface area (Å²) in [6, 6.07) is 9.39. The van der Waals surface area contributed by atoms with E-state index in [1.54, 1.807) is 6.20 Å². The van der Waals surface area contributed by atoms with Gasteiger partial charge < -0.3 is 15.2 Å². The molecular weight excluding hydrogens is 316 g/mol. The van der Waals surface area contributed by atoms with Gasteiger partial charge in [0.1, 0.15) is 5.82 Å². The van der Waals surface area contributed by atoms with E-state index in [4.69, 9.17) is 0 Å². The van der Waals surface area contributed by atoms with Crippen LogP contribution in [0.2, 0.25) is 0 Å². The highest BCUT2D eigenvalue weighted by Gasteiger charge is 2.21. The molecule has 0 radical (unpaired) electrons. The molecule has 1 aliphatic rings. The third kappa shape index (κ3) is 3.10. The van der Waals surface area contributed by atoms with Crippen LogP contribution in [0.3, 0.4) is 0 Å². The molecule has 128 valence electrons. The van der Waals surface area contributed by atoms with Crippen LogP contribution < -0.4 is 10.6 Å². The maximum absolute atomic E-state index is 12.6. The zero-order valence-electron chi connectivity index (χ0n) is 14.1. The van der Waals surface area contributed by atoms with E-state index in [0.717, 1.165) is 48.6 Å². The van der Waals surface area contributed by atoms with Gasteiger partial charge in [0.15, 0.2) is 5.82 Å². The van der Waals surface area contributed by atoms with E-state index in [1.807, 2.05) is 37.3 Å². The number of pyridine rings is 1. The summed E-state index contributed by atoms with van der Waals surface area (Å²) in [7, 11) is 0. The van der Waals surface area contributed by atoms with Crippen LogP contribution in [0.5, 0.6) is 0 Å². The minimum atomic E-state index is -0.224. The number of para-hydroxylation sites is 1. The average molecular weight is 336 g/mol. The summed E-state index contributed by atoms with van der Waals surface area (Å²) in [5.74, 6) is 1.60. The third-order valence-corrected chi connectivity index (χ3v) is 4.48. The second-order valence-corrected chi connectivity index (χ2v) is 6.24. The lowest BCUT2D eigenvalue weighted by Gasteiger charge is -2.15. The Morgan fingerprint density at radius 1 is 1.28 bits per heavy atom. The molecule has 1 aromatic carbocycles. The number of amides is 1. The molecule has 0 unspecified atom stereocenters. The molecule has 0 spiro atoms. The van der Waals surface area contributed by atoms with Gasteiger partial charge in [0.25, 0.3) is 5.91 Å². The molecule has 4 rings (SSSR count). The smallest absolute Gasteiger partial charge is 0.253 e. The number of carbonyl (C=O) groups is 1. The van der Waals surface area contributed by atoms with E-state index in [0.29, 0.717) is 5.56 Å². The number of hydrogen-bond acceptors (Lipinski definition) is 5. The standard InChI is InChI=1S/C18H20N6O/c1-12(17-23-22-16-6-7-19-8-9-24(16)17)21-18(25)14-10-13-4-2-3-5-15(13)20-11-14/h2-5,10-12,19H,6-9H2,1H3,(H,21,25)/t12-/m1/s1. The first-order valence-electron chi connectivity index (χ1n) is 8.51. The topological polar surface area (TPSA) is 84.7 Å². The molecule has 2 aromatic heterocycles. The highest BCUT2D eigenvalue weighted by atomic mass is 16.1. The molecule has 1 aliphatic heterocycles. The van der Waals surface area contributed by atoms with E-state index < -0.39 is 0 Å². The van der Waals surface area contributed by atoms with Crippen LogP contribution in [0.15, 0.2) is 36.5 Å². The largest absolute Gasteiger partial charge is 0.342 e. The second-order valence-electron chi connectivity index (χ2n) is 6.24. The van der Waals surface area contributed by atoms with Crippen LogP contribution in [-0.4, -0.2) is 38.7 Å². The van der Waals surface area contributed by atoms with Gasteiger partial charge in [-0.25, -0.2) is 0 Å². The van der Waals surface area contributed by atoms with Gasteiger partial charge in [-0.3, -0.25) is 9.78 Å². The van der Waals surface area contributed by atoms with Gasteiger partial charge in [-0.15, -0.1) is 10.2 Å². The minimum absolute atomic E-state index is 0.158. The van der Waals surface area contributed by atoms with Crippen molar-refractivity contribution in [2.24, 2.45) is 0 Å². The molecule has 0 saturated carbocycles. The van der Waals surface area contributed by atoms with E-state index in [2.05, 4.69) is 30.4 Å². The van der Waals surface area contributed by atoms with Gasteiger partial charge in [-0.1, -0.05) is 18.2 Å². The van der Waals surface area contributed by atoms with Gasteiger partial charge in [0, 0.05) is 37.6 Å². The highest BCUT2D eigenvalue weighted by Crippen LogP contribution is 2.16. The van der Waals surface area contributed by atoms with Crippen LogP contribution in [0, 0.1) is 0 Å². The molecule has 0 saturated heterocycles. The molecule has 7 heteroatoms. The van der Waals surface area contributed by atoms with Crippen molar-refractivity contribution in [3.8, 4) is 0 Å². The summed E-state index contributed by atoms with van der Waals surface area (Å²) in [4.78, 5) is 17.0. The van der Waals surface area contributed by atoms with Gasteiger partial charge in [0.05, 0.1) is 17.1 Å². The molecular formula is C18H20N6O. The Hall–Kier alpha value is -2.80. The summed E-state index contributed by atoms with van der Waals surface area (Å²) in [5, 5.41) is 15.9. The van der Waals surface area contributed by atoms with Crippen molar-refractivity contribution in [3.05, 3.63) is 53.7 Å². The Labute approximate surface area is 145 Å². The fourth-order valence-electron chi connectivity index (χ4n) is 3.15. The molecule has 1 amide bonds. The zero-order chi connectivity index (χ0) is 17.2. The second kappa shape index (κ2) is 6.60. The van der Waals surface area contributed by atoms with Crippen molar-refractivity contribution in [1.82, 2.24) is 30.4 Å². The zero-order valence-corrected chi connectivity index (χ0v) is 14.1. The lowest BCUT2D eigenvalue weighted by molar-refractivity contribution is 0.0937. The number of nitrogens with one attached hydrogen (secondary N) is 2. The average Bonchev–Trinajstić information content (AvgIpc) is 2.90. The van der Waals surface area contributed by atoms with Crippen molar-refractivity contribution >= 4 is 16.8 Å². The Morgan fingerprint density at radius 2 is 2.16 bits per heavy atom. The quantitative estimate of drug-likeness (QED) is 0.756. The fourth-order valence-corrected chi connectivity index (χ4v) is 3.15. The fraction of sp³-hybridized carbons (Fsp3) is 0.333. The number of hydrogen-bond donors (Lipinski definition) is 2. The number of aromatic nitrogens is 4. The summed E-state index contributed by atoms with van der Waals surface area (Å²) in [6.45, 7) is 4.53. The van der Waals surface area contributed by atoms with Crippen molar-refractivity contribution in [1.29, 1.82) is 0 Å². The van der Waals surface area contributed by atoms with Gasteiger partial charge in [-0.2, -0.15) is 0 Å². The highest BCUT2D eigenvalue weighted by molar-refractivity contribution is 5.97. The van der Waals surface area contributed by atoms with Crippen molar-refractivity contribution in [3.63, 3.8) is 0 Å². The number of rotatable bonds is 3. The SMILES string of the molecule is C[C@@H](NC(=O)c1cnc2ccccc2c1)c1nnc2n1CCNCC2. The monoisotopic (exact) mass is 336 g/mol. The molecule has 1 atom stereocenters. The van der Waals surface area contributed by atoms with E-state index in [9.17, 15) is 4.79 Å². The molecule has 3 heterocycles. The number of carbonyl (C=O) groups excluding carboxylic acids is 1. The lowest BCUT2D eigenvalue weighted by Crippen LogP contribution is -2.29. The predicted molar refractivity (Wildman–Crippen MR) is 94.2 cm³/mol. The van der Waals surface area contributed by atoms with Crippen LogP contribution in [-0.2, 0) is 13.0 Å². The third-order valence-electron chi connectivity index (χ3n) is 4.48. The molecule has 25 heavy (non-hydrogen) atoms. The predicted octanol–water partition coefficient (Wildman–Crippen LogP) is 1.46. The molecule has 0 bridgehead atoms. The molecule has 0 aliphatic carbocycles. The van der Waals surface area contributed by atoms with Crippen LogP contribution in [0.25, 0.3) is 10.9 Å². The maximum atomic E-state index is 12.6. The van der Waals surface area contributed by atoms with Crippen molar-refractivity contribution in [2.75, 3.05) is 13.1 Å². The first kappa shape index (κ1) is 15.7. The van der Waals surface area contributed by atoms with E-state index >= 15 is 0 Å². The van der Waals surface area contributed by atoms with Crippen LogP contribution in [0.1, 0.15) is 35.0 Å². The first-order valence-corrected chi connectivity index (χ1v) is 8.51. The number of nitrogens with zero attached hydrogens (tertiary/aromatic N) is 4. The van der Waals surface area contributed by atoms with Crippen LogP contribution in [0.4, 0.5) is 0 Å². The molecule has 2 N–H and O–H groups in total. The first-order chi connectivity index (χ1) is 12.2. The summed E-state index contributed by atoms with van der Waals surface area (Å²) >= 11 is 0. The Balaban J connectivity index is 1.54. The van der Waals surface area contributed by atoms with Gasteiger partial charge in [-0.05, 0) is 19.1 Å². The van der Waals surface area contributed by atoms with Gasteiger partial charge >= 0.3 is 0 Å².